The summed E-state index contributed by atoms with van der Waals surface area (Å²) in [4.78, 5) is 38.4. The molecule has 0 aliphatic heterocycles. The van der Waals surface area contributed by atoms with Gasteiger partial charge >= 0.3 is 5.97 Å². The monoisotopic (exact) mass is 436 g/mol. The minimum absolute atomic E-state index is 0.0247. The number of nitrogens with one attached hydrogen (secondary N) is 2. The number of esters is 1. The molecule has 0 heterocycles. The molecule has 0 aromatic heterocycles. The van der Waals surface area contributed by atoms with E-state index < -0.39 is 22.8 Å². The molecule has 1 aliphatic rings. The summed E-state index contributed by atoms with van der Waals surface area (Å²) in [6.07, 6.45) is 2.87. The maximum Gasteiger partial charge on any atom is 0.328 e. The van der Waals surface area contributed by atoms with Crippen LogP contribution in [0.1, 0.15) is 52.0 Å². The molecule has 0 unspecified atom stereocenters. The maximum absolute atomic E-state index is 13.3. The van der Waals surface area contributed by atoms with Crippen molar-refractivity contribution in [1.82, 2.24) is 10.6 Å². The lowest BCUT2D eigenvalue weighted by Crippen LogP contribution is -2.61. The molecule has 7 nitrogen and oxygen atoms in total. The molecule has 1 saturated carbocycles. The van der Waals surface area contributed by atoms with Crippen molar-refractivity contribution in [2.24, 2.45) is 5.92 Å². The van der Waals surface area contributed by atoms with Crippen molar-refractivity contribution in [3.63, 3.8) is 0 Å². The Bertz CT molecular complexity index is 744. The zero-order valence-electron chi connectivity index (χ0n) is 17.8. The third-order valence-electron chi connectivity index (χ3n) is 5.41. The van der Waals surface area contributed by atoms with Crippen LogP contribution < -0.4 is 10.6 Å². The fourth-order valence-electron chi connectivity index (χ4n) is 3.60. The van der Waals surface area contributed by atoms with Crippen LogP contribution in [-0.4, -0.2) is 46.3 Å². The maximum atomic E-state index is 13.3. The number of carbonyl (C=O) groups excluding carboxylic acids is 3. The zero-order chi connectivity index (χ0) is 22.3. The van der Waals surface area contributed by atoms with Crippen LogP contribution in [0.3, 0.4) is 0 Å². The van der Waals surface area contributed by atoms with Crippen molar-refractivity contribution in [1.29, 1.82) is 0 Å². The Balaban J connectivity index is 2.18. The number of aromatic hydroxyl groups is 1. The van der Waals surface area contributed by atoms with E-state index in [1.807, 2.05) is 13.8 Å². The first-order valence-electron chi connectivity index (χ1n) is 10.4. The summed E-state index contributed by atoms with van der Waals surface area (Å²) < 4.78 is 5.14. The molecule has 8 heteroatoms. The predicted octanol–water partition coefficient (Wildman–Crippen LogP) is 2.37. The minimum atomic E-state index is -1.05. The van der Waals surface area contributed by atoms with Gasteiger partial charge in [-0.05, 0) is 43.4 Å². The Morgan fingerprint density at radius 2 is 1.77 bits per heavy atom. The van der Waals surface area contributed by atoms with Crippen LogP contribution in [-0.2, 0) is 25.5 Å². The number of amides is 2. The SMILES string of the molecule is CCOC(=O)[C@H](Cc1ccc(O)cc1)NC(=O)C1(NC(=O)[C@@H](S)C(C)C)CCCC1. The van der Waals surface area contributed by atoms with Crippen LogP contribution in [0.25, 0.3) is 0 Å². The number of rotatable bonds is 9. The minimum Gasteiger partial charge on any atom is -0.508 e. The lowest BCUT2D eigenvalue weighted by Gasteiger charge is -2.32. The Hall–Kier alpha value is -2.22. The third-order valence-corrected chi connectivity index (χ3v) is 6.24. The Morgan fingerprint density at radius 1 is 1.17 bits per heavy atom. The quantitative estimate of drug-likeness (QED) is 0.351. The summed E-state index contributed by atoms with van der Waals surface area (Å²) in [5.41, 5.74) is -0.280. The van der Waals surface area contributed by atoms with Crippen LogP contribution in [0, 0.1) is 5.92 Å². The first kappa shape index (κ1) is 24.1. The van der Waals surface area contributed by atoms with E-state index in [4.69, 9.17) is 4.74 Å². The predicted molar refractivity (Wildman–Crippen MR) is 117 cm³/mol. The topological polar surface area (TPSA) is 105 Å². The van der Waals surface area contributed by atoms with Gasteiger partial charge in [-0.1, -0.05) is 38.8 Å². The number of carbonyl (C=O) groups is 3. The molecule has 0 saturated heterocycles. The van der Waals surface area contributed by atoms with E-state index >= 15 is 0 Å². The van der Waals surface area contributed by atoms with Gasteiger partial charge in [0.25, 0.3) is 0 Å². The number of thiol groups is 1. The van der Waals surface area contributed by atoms with Crippen molar-refractivity contribution in [3.8, 4) is 5.75 Å². The van der Waals surface area contributed by atoms with Crippen molar-refractivity contribution >= 4 is 30.4 Å². The van der Waals surface area contributed by atoms with Crippen molar-refractivity contribution in [2.45, 2.75) is 69.7 Å². The van der Waals surface area contributed by atoms with Crippen molar-refractivity contribution < 1.29 is 24.2 Å². The van der Waals surface area contributed by atoms with E-state index in [1.165, 1.54) is 12.1 Å². The van der Waals surface area contributed by atoms with Gasteiger partial charge in [0.15, 0.2) is 0 Å². The molecule has 1 fully saturated rings. The highest BCUT2D eigenvalue weighted by Gasteiger charge is 2.44. The molecule has 1 aromatic rings. The molecule has 2 rings (SSSR count). The second kappa shape index (κ2) is 10.7. The largest absolute Gasteiger partial charge is 0.508 e. The summed E-state index contributed by atoms with van der Waals surface area (Å²) in [6.45, 7) is 5.69. The molecular weight excluding hydrogens is 404 g/mol. The summed E-state index contributed by atoms with van der Waals surface area (Å²) >= 11 is 4.36. The summed E-state index contributed by atoms with van der Waals surface area (Å²) in [5, 5.41) is 14.7. The molecule has 3 N–H and O–H groups in total. The Morgan fingerprint density at radius 3 is 2.30 bits per heavy atom. The van der Waals surface area contributed by atoms with E-state index in [1.54, 1.807) is 19.1 Å². The zero-order valence-corrected chi connectivity index (χ0v) is 18.7. The fourth-order valence-corrected chi connectivity index (χ4v) is 3.66. The van der Waals surface area contributed by atoms with Gasteiger partial charge in [-0.15, -0.1) is 0 Å². The normalized spacial score (nSPS) is 17.2. The summed E-state index contributed by atoms with van der Waals surface area (Å²) in [5.74, 6) is -1.05. The number of phenolic OH excluding ortho intramolecular Hbond substituents is 1. The van der Waals surface area contributed by atoms with Crippen LogP contribution in [0.2, 0.25) is 0 Å². The molecule has 2 atom stereocenters. The molecule has 1 aromatic carbocycles. The van der Waals surface area contributed by atoms with E-state index in [0.717, 1.165) is 18.4 Å². The highest BCUT2D eigenvalue weighted by molar-refractivity contribution is 7.81. The number of ether oxygens (including phenoxy) is 1. The smallest absolute Gasteiger partial charge is 0.328 e. The number of benzene rings is 1. The molecular formula is C22H32N2O5S. The second-order valence-electron chi connectivity index (χ2n) is 8.12. The standard InChI is InChI=1S/C22H32N2O5S/c1-4-29-20(27)17(13-15-7-9-16(25)10-8-15)23-21(28)22(11-5-6-12-22)24-19(26)18(30)14(2)3/h7-10,14,17-18,25,30H,4-6,11-13H2,1-3H3,(H,23,28)(H,24,26)/t17-,18-/m0/s1. The molecule has 0 radical (unpaired) electrons. The summed E-state index contributed by atoms with van der Waals surface area (Å²) in [7, 11) is 0. The van der Waals surface area contributed by atoms with Crippen LogP contribution in [0.4, 0.5) is 0 Å². The molecule has 30 heavy (non-hydrogen) atoms. The average molecular weight is 437 g/mol. The van der Waals surface area contributed by atoms with E-state index in [0.29, 0.717) is 12.8 Å². The van der Waals surface area contributed by atoms with Gasteiger partial charge in [-0.25, -0.2) is 4.79 Å². The second-order valence-corrected chi connectivity index (χ2v) is 8.67. The number of hydrogen-bond acceptors (Lipinski definition) is 6. The van der Waals surface area contributed by atoms with Gasteiger partial charge < -0.3 is 20.5 Å². The number of hydrogen-bond donors (Lipinski definition) is 4. The Labute approximate surface area is 183 Å². The molecule has 0 spiro atoms. The molecule has 0 bridgehead atoms. The van der Waals surface area contributed by atoms with Gasteiger partial charge in [-0.3, -0.25) is 9.59 Å². The van der Waals surface area contributed by atoms with Crippen molar-refractivity contribution in [2.75, 3.05) is 6.61 Å². The van der Waals surface area contributed by atoms with Gasteiger partial charge in [0.05, 0.1) is 11.9 Å². The van der Waals surface area contributed by atoms with E-state index in [9.17, 15) is 19.5 Å². The first-order chi connectivity index (χ1) is 14.2. The fraction of sp³-hybridized carbons (Fsp3) is 0.591. The highest BCUT2D eigenvalue weighted by Crippen LogP contribution is 2.31. The number of phenols is 1. The average Bonchev–Trinajstić information content (AvgIpc) is 3.18. The van der Waals surface area contributed by atoms with Gasteiger partial charge in [0, 0.05) is 6.42 Å². The Kier molecular flexibility index (Phi) is 8.58. The van der Waals surface area contributed by atoms with Gasteiger partial charge in [0.2, 0.25) is 11.8 Å². The van der Waals surface area contributed by atoms with Crippen LogP contribution in [0.5, 0.6) is 5.75 Å². The lowest BCUT2D eigenvalue weighted by atomic mass is 9.94. The van der Waals surface area contributed by atoms with Crippen LogP contribution >= 0.6 is 12.6 Å². The van der Waals surface area contributed by atoms with Crippen LogP contribution in [0.15, 0.2) is 24.3 Å². The van der Waals surface area contributed by atoms with Gasteiger partial charge in [-0.2, -0.15) is 12.6 Å². The lowest BCUT2D eigenvalue weighted by molar-refractivity contribution is -0.148. The van der Waals surface area contributed by atoms with E-state index in [2.05, 4.69) is 23.3 Å². The van der Waals surface area contributed by atoms with Gasteiger partial charge in [0.1, 0.15) is 17.3 Å². The third kappa shape index (κ3) is 6.14. The molecule has 2 amide bonds. The summed E-state index contributed by atoms with van der Waals surface area (Å²) in [6, 6.07) is 5.53. The highest BCUT2D eigenvalue weighted by atomic mass is 32.1. The van der Waals surface area contributed by atoms with E-state index in [-0.39, 0.29) is 36.5 Å². The first-order valence-corrected chi connectivity index (χ1v) is 11.0. The molecule has 1 aliphatic carbocycles. The van der Waals surface area contributed by atoms with Crippen molar-refractivity contribution in [3.05, 3.63) is 29.8 Å². The molecule has 166 valence electrons.